The van der Waals surface area contributed by atoms with Crippen LogP contribution in [0.3, 0.4) is 0 Å². The number of alkyl halides is 3. The first-order valence-electron chi connectivity index (χ1n) is 11.5. The molecule has 0 spiro atoms. The van der Waals surface area contributed by atoms with Crippen LogP contribution in [0.1, 0.15) is 37.6 Å². The Hall–Kier alpha value is -3.74. The van der Waals surface area contributed by atoms with Crippen LogP contribution in [0.4, 0.5) is 43.0 Å². The average Bonchev–Trinajstić information content (AvgIpc) is 3.43. The Morgan fingerprint density at radius 3 is 2.46 bits per heavy atom. The number of ether oxygens (including phenoxy) is 1. The summed E-state index contributed by atoms with van der Waals surface area (Å²) in [5.74, 6) is -3.91. The van der Waals surface area contributed by atoms with Gasteiger partial charge in [0.1, 0.15) is 28.3 Å². The van der Waals surface area contributed by atoms with Crippen LogP contribution in [-0.2, 0) is 22.1 Å². The molecule has 0 radical (unpaired) electrons. The number of amides is 4. The second kappa shape index (κ2) is 9.78. The number of imide groups is 1. The van der Waals surface area contributed by atoms with E-state index < -0.39 is 76.1 Å². The molecular formula is C25H22ClF5N4O4. The lowest BCUT2D eigenvalue weighted by atomic mass is 10.1. The maximum atomic E-state index is 14.7. The average molecular weight is 573 g/mol. The molecule has 39 heavy (non-hydrogen) atoms. The van der Waals surface area contributed by atoms with Crippen LogP contribution in [0.25, 0.3) is 6.08 Å². The van der Waals surface area contributed by atoms with E-state index in [0.717, 1.165) is 24.1 Å². The Balaban J connectivity index is 1.81. The number of halogens is 6. The number of likely N-dealkylation sites (N-methyl/N-ethyl adjacent to an activating group) is 1. The number of allylic oxidation sites excluding steroid dienone is 1. The van der Waals surface area contributed by atoms with Crippen LogP contribution in [-0.4, -0.2) is 53.2 Å². The lowest BCUT2D eigenvalue weighted by Gasteiger charge is -2.27. The predicted octanol–water partition coefficient (Wildman–Crippen LogP) is 5.81. The zero-order chi connectivity index (χ0) is 29.0. The van der Waals surface area contributed by atoms with E-state index in [4.69, 9.17) is 16.3 Å². The molecule has 1 aliphatic carbocycles. The first kappa shape index (κ1) is 28.3. The van der Waals surface area contributed by atoms with Gasteiger partial charge in [-0.15, -0.1) is 0 Å². The van der Waals surface area contributed by atoms with Crippen molar-refractivity contribution in [3.05, 3.63) is 57.8 Å². The number of carbonyl (C=O) groups is 3. The molecule has 4 rings (SSSR count). The van der Waals surface area contributed by atoms with E-state index >= 15 is 0 Å². The van der Waals surface area contributed by atoms with Gasteiger partial charge < -0.3 is 9.64 Å². The van der Waals surface area contributed by atoms with Crippen molar-refractivity contribution in [2.24, 2.45) is 0 Å². The molecule has 0 bridgehead atoms. The Morgan fingerprint density at radius 2 is 1.85 bits per heavy atom. The SMILES string of the molecule is CN(C(=O)C1CN(C(=O)OC(C)(C)C)C(=O)N1c1cc(C(F)(F)F)c2c(n1)C=CC2)c1ccc(F)c(Cl)c1F. The number of urea groups is 1. The zero-order valence-electron chi connectivity index (χ0n) is 21.1. The van der Waals surface area contributed by atoms with Crippen molar-refractivity contribution in [1.82, 2.24) is 9.88 Å². The van der Waals surface area contributed by atoms with Gasteiger partial charge >= 0.3 is 18.3 Å². The van der Waals surface area contributed by atoms with Crippen LogP contribution in [0.2, 0.25) is 5.02 Å². The third-order valence-corrected chi connectivity index (χ3v) is 6.35. The van der Waals surface area contributed by atoms with Gasteiger partial charge in [-0.25, -0.2) is 28.3 Å². The van der Waals surface area contributed by atoms with Crippen LogP contribution in [0.5, 0.6) is 0 Å². The van der Waals surface area contributed by atoms with Crippen molar-refractivity contribution >= 4 is 47.2 Å². The number of anilines is 2. The van der Waals surface area contributed by atoms with Crippen molar-refractivity contribution in [1.29, 1.82) is 0 Å². The molecule has 1 atom stereocenters. The monoisotopic (exact) mass is 572 g/mol. The summed E-state index contributed by atoms with van der Waals surface area (Å²) in [6.07, 6.45) is -3.19. The molecule has 0 saturated carbocycles. The number of pyridine rings is 1. The zero-order valence-corrected chi connectivity index (χ0v) is 21.8. The largest absolute Gasteiger partial charge is 0.443 e. The molecule has 4 amide bonds. The van der Waals surface area contributed by atoms with Crippen LogP contribution < -0.4 is 9.80 Å². The molecule has 1 aliphatic heterocycles. The summed E-state index contributed by atoms with van der Waals surface area (Å²) in [6.45, 7) is 3.95. The second-order valence-corrected chi connectivity index (χ2v) is 10.2. The number of carbonyl (C=O) groups excluding carboxylic acids is 3. The van der Waals surface area contributed by atoms with Gasteiger partial charge in [-0.2, -0.15) is 13.2 Å². The van der Waals surface area contributed by atoms with Crippen molar-refractivity contribution in [2.45, 2.75) is 45.0 Å². The first-order valence-corrected chi connectivity index (χ1v) is 11.9. The number of benzene rings is 1. The lowest BCUT2D eigenvalue weighted by Crippen LogP contribution is -2.47. The maximum Gasteiger partial charge on any atom is 0.418 e. The number of aromatic nitrogens is 1. The third kappa shape index (κ3) is 5.27. The van der Waals surface area contributed by atoms with Crippen LogP contribution in [0.15, 0.2) is 24.3 Å². The number of rotatable bonds is 3. The quantitative estimate of drug-likeness (QED) is 0.342. The van der Waals surface area contributed by atoms with Crippen LogP contribution in [0, 0.1) is 11.6 Å². The smallest absolute Gasteiger partial charge is 0.418 e. The minimum absolute atomic E-state index is 0.0366. The summed E-state index contributed by atoms with van der Waals surface area (Å²) < 4.78 is 75.4. The molecule has 0 N–H and O–H groups in total. The van der Waals surface area contributed by atoms with Gasteiger partial charge in [-0.05, 0) is 57.0 Å². The van der Waals surface area contributed by atoms with Gasteiger partial charge in [0.05, 0.1) is 23.5 Å². The number of hydrogen-bond acceptors (Lipinski definition) is 5. The van der Waals surface area contributed by atoms with E-state index in [1.165, 1.54) is 32.9 Å². The predicted molar refractivity (Wildman–Crippen MR) is 131 cm³/mol. The first-order chi connectivity index (χ1) is 18.0. The maximum absolute atomic E-state index is 14.7. The van der Waals surface area contributed by atoms with Crippen molar-refractivity contribution in [3.63, 3.8) is 0 Å². The highest BCUT2D eigenvalue weighted by atomic mass is 35.5. The summed E-state index contributed by atoms with van der Waals surface area (Å²) in [4.78, 5) is 45.9. The minimum atomic E-state index is -4.81. The van der Waals surface area contributed by atoms with E-state index in [-0.39, 0.29) is 17.7 Å². The van der Waals surface area contributed by atoms with E-state index in [2.05, 4.69) is 4.98 Å². The molecule has 1 unspecified atom stereocenters. The Kier molecular flexibility index (Phi) is 7.09. The van der Waals surface area contributed by atoms with E-state index in [1.807, 2.05) is 0 Å². The highest BCUT2D eigenvalue weighted by Crippen LogP contribution is 2.39. The van der Waals surface area contributed by atoms with Gasteiger partial charge in [0.15, 0.2) is 5.82 Å². The fraction of sp³-hybridized carbons (Fsp3) is 0.360. The Bertz CT molecular complexity index is 1410. The minimum Gasteiger partial charge on any atom is -0.443 e. The lowest BCUT2D eigenvalue weighted by molar-refractivity contribution is -0.138. The van der Waals surface area contributed by atoms with Gasteiger partial charge in [-0.3, -0.25) is 9.69 Å². The molecule has 1 saturated heterocycles. The summed E-state index contributed by atoms with van der Waals surface area (Å²) in [5, 5.41) is -0.885. The standard InChI is InChI=1S/C25H22ClF5N4O4/c1-24(2,3)39-23(38)34-11-17(21(36)33(4)16-9-8-14(27)19(26)20(16)28)35(22(34)37)18-10-13(25(29,30)31)12-6-5-7-15(12)32-18/h5,7-10,17H,6,11H2,1-4H3. The molecule has 2 aromatic rings. The fourth-order valence-corrected chi connectivity index (χ4v) is 4.38. The van der Waals surface area contributed by atoms with Crippen LogP contribution >= 0.6 is 11.6 Å². The molecule has 1 aromatic carbocycles. The van der Waals surface area contributed by atoms with E-state index in [9.17, 15) is 36.3 Å². The summed E-state index contributed by atoms with van der Waals surface area (Å²) >= 11 is 5.63. The summed E-state index contributed by atoms with van der Waals surface area (Å²) in [7, 11) is 1.10. The highest BCUT2D eigenvalue weighted by Gasteiger charge is 2.49. The molecule has 14 heteroatoms. The molecular weight excluding hydrogens is 551 g/mol. The van der Waals surface area contributed by atoms with E-state index in [1.54, 1.807) is 0 Å². The molecule has 1 fully saturated rings. The molecule has 2 aliphatic rings. The highest BCUT2D eigenvalue weighted by molar-refractivity contribution is 6.31. The normalized spacial score (nSPS) is 17.1. The molecule has 2 heterocycles. The molecule has 208 valence electrons. The van der Waals surface area contributed by atoms with Gasteiger partial charge in [0.2, 0.25) is 0 Å². The van der Waals surface area contributed by atoms with Crippen molar-refractivity contribution in [2.75, 3.05) is 23.4 Å². The topological polar surface area (TPSA) is 83.1 Å². The van der Waals surface area contributed by atoms with Crippen molar-refractivity contribution in [3.8, 4) is 0 Å². The summed E-state index contributed by atoms with van der Waals surface area (Å²) in [6, 6.07) is -0.440. The number of fused-ring (bicyclic) bond motifs is 1. The molecule has 1 aromatic heterocycles. The number of hydrogen-bond donors (Lipinski definition) is 0. The number of nitrogens with zero attached hydrogens (tertiary/aromatic N) is 4. The van der Waals surface area contributed by atoms with Gasteiger partial charge in [0, 0.05) is 7.05 Å². The van der Waals surface area contributed by atoms with E-state index in [0.29, 0.717) is 15.9 Å². The fourth-order valence-electron chi connectivity index (χ4n) is 4.22. The third-order valence-electron chi connectivity index (χ3n) is 6.00. The second-order valence-electron chi connectivity index (χ2n) is 9.85. The molecule has 8 nitrogen and oxygen atoms in total. The van der Waals surface area contributed by atoms with Gasteiger partial charge in [0.25, 0.3) is 5.91 Å². The van der Waals surface area contributed by atoms with Crippen molar-refractivity contribution < 1.29 is 41.1 Å². The van der Waals surface area contributed by atoms with Gasteiger partial charge in [-0.1, -0.05) is 17.7 Å². The summed E-state index contributed by atoms with van der Waals surface area (Å²) in [5.41, 5.74) is -2.73. The Labute approximate surface area is 224 Å². The Morgan fingerprint density at radius 1 is 1.18 bits per heavy atom.